The first kappa shape index (κ1) is 43.0. The summed E-state index contributed by atoms with van der Waals surface area (Å²) in [6, 6.07) is 30.2. The summed E-state index contributed by atoms with van der Waals surface area (Å²) in [6.07, 6.45) is 1.34. The van der Waals surface area contributed by atoms with Gasteiger partial charge in [0.25, 0.3) is 5.91 Å². The molecule has 0 spiro atoms. The molecule has 13 heteroatoms. The number of rotatable bonds is 10. The summed E-state index contributed by atoms with van der Waals surface area (Å²) in [7, 11) is 0. The molecule has 4 amide bonds. The smallest absolute Gasteiger partial charge is 0.410 e. The maximum absolute atomic E-state index is 13.7. The number of nitrogen functional groups attached to an aromatic ring is 1. The first-order chi connectivity index (χ1) is 29.0. The monoisotopic (exact) mass is 830 g/mol. The number of carbonyl (C=O) groups excluding carboxylic acids is 4. The molecule has 7 rings (SSSR count). The van der Waals surface area contributed by atoms with Gasteiger partial charge in [0.1, 0.15) is 35.6 Å². The third kappa shape index (κ3) is 10.1. The summed E-state index contributed by atoms with van der Waals surface area (Å²) in [4.78, 5) is 56.3. The number of hydrogen-bond acceptors (Lipinski definition) is 9. The third-order valence-electron chi connectivity index (χ3n) is 11.4. The van der Waals surface area contributed by atoms with Crippen molar-refractivity contribution >= 4 is 41.1 Å². The standard InChI is InChI=1S/C48H58N6O7/c1-47(2,3)60-45(57)52-26-10-14-38(52)43(55)51-37-28-33(20-25-36(37)49)42-40(41(42)32-18-23-35(24-19-32)59-29-30-12-8-7-9-13-30)31-16-21-34(22-17-31)54(50)44(56)39-15-11-27-53(39)46(58)61-48(4,5)6/h7-9,12-13,16-25,28,38-42H,10-11,14-15,26-27,29,49-50H2,1-6H3,(H,51,55)/t38?,39-,40?,41?,42?/m0/s1. The highest BCUT2D eigenvalue weighted by Gasteiger charge is 2.52. The van der Waals surface area contributed by atoms with Crippen molar-refractivity contribution in [2.45, 2.75) is 115 Å². The van der Waals surface area contributed by atoms with Crippen molar-refractivity contribution in [3.8, 4) is 5.75 Å². The molecule has 4 unspecified atom stereocenters. The fraction of sp³-hybridized carbons (Fsp3) is 0.417. The molecule has 0 bridgehead atoms. The molecule has 0 radical (unpaired) electrons. The Hall–Kier alpha value is -6.08. The Morgan fingerprint density at radius 3 is 1.77 bits per heavy atom. The highest BCUT2D eigenvalue weighted by Crippen LogP contribution is 2.66. The Balaban J connectivity index is 1.12. The van der Waals surface area contributed by atoms with Crippen molar-refractivity contribution in [1.29, 1.82) is 0 Å². The summed E-state index contributed by atoms with van der Waals surface area (Å²) in [5, 5.41) is 4.15. The van der Waals surface area contributed by atoms with E-state index in [2.05, 4.69) is 17.4 Å². The topological polar surface area (TPSA) is 170 Å². The van der Waals surface area contributed by atoms with Gasteiger partial charge in [-0.1, -0.05) is 60.7 Å². The van der Waals surface area contributed by atoms with Crippen LogP contribution >= 0.6 is 0 Å². The van der Waals surface area contributed by atoms with Gasteiger partial charge in [-0.15, -0.1) is 0 Å². The second-order valence-electron chi connectivity index (χ2n) is 18.2. The molecule has 1 aliphatic carbocycles. The van der Waals surface area contributed by atoms with Crippen LogP contribution in [0.3, 0.4) is 0 Å². The first-order valence-corrected chi connectivity index (χ1v) is 21.1. The van der Waals surface area contributed by atoms with E-state index in [-0.39, 0.29) is 29.6 Å². The lowest BCUT2D eigenvalue weighted by atomic mass is 10.0. The molecule has 61 heavy (non-hydrogen) atoms. The zero-order valence-corrected chi connectivity index (χ0v) is 35.9. The number of nitrogens with one attached hydrogen (secondary N) is 1. The molecule has 13 nitrogen and oxygen atoms in total. The van der Waals surface area contributed by atoms with Gasteiger partial charge < -0.3 is 25.3 Å². The van der Waals surface area contributed by atoms with Gasteiger partial charge in [-0.25, -0.2) is 20.4 Å². The largest absolute Gasteiger partial charge is 0.489 e. The second kappa shape index (κ2) is 17.5. The van der Waals surface area contributed by atoms with Gasteiger partial charge in [-0.05, 0) is 144 Å². The highest BCUT2D eigenvalue weighted by molar-refractivity contribution is 5.99. The van der Waals surface area contributed by atoms with Crippen LogP contribution in [0.15, 0.2) is 97.1 Å². The van der Waals surface area contributed by atoms with Gasteiger partial charge in [0, 0.05) is 13.1 Å². The van der Waals surface area contributed by atoms with Crippen molar-refractivity contribution < 1.29 is 33.4 Å². The van der Waals surface area contributed by atoms with Crippen LogP contribution in [0.4, 0.5) is 26.7 Å². The molecule has 322 valence electrons. The maximum atomic E-state index is 13.7. The number of benzene rings is 4. The van der Waals surface area contributed by atoms with Gasteiger partial charge >= 0.3 is 12.2 Å². The summed E-state index contributed by atoms with van der Waals surface area (Å²) in [5.74, 6) is 6.63. The number of carbonyl (C=O) groups is 4. The Labute approximate surface area is 358 Å². The predicted octanol–water partition coefficient (Wildman–Crippen LogP) is 8.46. The lowest BCUT2D eigenvalue weighted by molar-refractivity contribution is -0.123. The molecule has 3 fully saturated rings. The van der Waals surface area contributed by atoms with Crippen LogP contribution in [0.1, 0.15) is 107 Å². The number of hydrogen-bond donors (Lipinski definition) is 3. The van der Waals surface area contributed by atoms with E-state index < -0.39 is 35.5 Å². The molecule has 4 aromatic rings. The zero-order valence-electron chi connectivity index (χ0n) is 35.9. The fourth-order valence-electron chi connectivity index (χ4n) is 8.47. The lowest BCUT2D eigenvalue weighted by Crippen LogP contribution is -2.51. The van der Waals surface area contributed by atoms with Gasteiger partial charge in [-0.3, -0.25) is 19.4 Å². The van der Waals surface area contributed by atoms with Crippen molar-refractivity contribution in [2.24, 2.45) is 5.84 Å². The second-order valence-corrected chi connectivity index (χ2v) is 18.2. The van der Waals surface area contributed by atoms with E-state index in [1.165, 1.54) is 9.80 Å². The third-order valence-corrected chi connectivity index (χ3v) is 11.4. The fourth-order valence-corrected chi connectivity index (χ4v) is 8.47. The van der Waals surface area contributed by atoms with Crippen LogP contribution < -0.4 is 26.6 Å². The minimum absolute atomic E-state index is 0.0134. The number of anilines is 3. The zero-order chi connectivity index (χ0) is 43.6. The number of ether oxygens (including phenoxy) is 3. The van der Waals surface area contributed by atoms with E-state index in [9.17, 15) is 19.2 Å². The number of likely N-dealkylation sites (tertiary alicyclic amines) is 2. The van der Waals surface area contributed by atoms with Crippen LogP contribution in [-0.2, 0) is 25.7 Å². The van der Waals surface area contributed by atoms with Crippen molar-refractivity contribution in [2.75, 3.05) is 29.1 Å². The van der Waals surface area contributed by atoms with E-state index >= 15 is 0 Å². The number of amides is 4. The van der Waals surface area contributed by atoms with E-state index in [1.54, 1.807) is 41.5 Å². The molecule has 2 aliphatic heterocycles. The minimum atomic E-state index is -0.717. The molecule has 4 aromatic carbocycles. The van der Waals surface area contributed by atoms with Crippen LogP contribution in [0.5, 0.6) is 5.75 Å². The Morgan fingerprint density at radius 2 is 1.20 bits per heavy atom. The Morgan fingerprint density at radius 1 is 0.689 bits per heavy atom. The van der Waals surface area contributed by atoms with Crippen molar-refractivity contribution in [3.05, 3.63) is 119 Å². The molecule has 2 saturated heterocycles. The molecule has 0 aromatic heterocycles. The summed E-state index contributed by atoms with van der Waals surface area (Å²) < 4.78 is 17.3. The summed E-state index contributed by atoms with van der Waals surface area (Å²) in [5.41, 5.74) is 10.7. The average molecular weight is 831 g/mol. The lowest BCUT2D eigenvalue weighted by Gasteiger charge is -2.30. The van der Waals surface area contributed by atoms with Crippen LogP contribution in [0.2, 0.25) is 0 Å². The van der Waals surface area contributed by atoms with Gasteiger partial charge in [0.15, 0.2) is 0 Å². The van der Waals surface area contributed by atoms with Crippen LogP contribution in [-0.4, -0.2) is 70.2 Å². The van der Waals surface area contributed by atoms with Gasteiger partial charge in [0.05, 0.1) is 17.1 Å². The van der Waals surface area contributed by atoms with Crippen LogP contribution in [0.25, 0.3) is 0 Å². The molecule has 3 aliphatic rings. The molecular weight excluding hydrogens is 773 g/mol. The minimum Gasteiger partial charge on any atom is -0.489 e. The highest BCUT2D eigenvalue weighted by atomic mass is 16.6. The van der Waals surface area contributed by atoms with E-state index in [0.29, 0.717) is 62.4 Å². The van der Waals surface area contributed by atoms with E-state index in [1.807, 2.05) is 84.9 Å². The molecular formula is C48H58N6O7. The summed E-state index contributed by atoms with van der Waals surface area (Å²) in [6.45, 7) is 12.1. The summed E-state index contributed by atoms with van der Waals surface area (Å²) >= 11 is 0. The maximum Gasteiger partial charge on any atom is 0.410 e. The first-order valence-electron chi connectivity index (χ1n) is 21.1. The average Bonchev–Trinajstić information content (AvgIpc) is 3.50. The quantitative estimate of drug-likeness (QED) is 0.0614. The predicted molar refractivity (Wildman–Crippen MR) is 235 cm³/mol. The van der Waals surface area contributed by atoms with Crippen molar-refractivity contribution in [3.63, 3.8) is 0 Å². The normalized spacial score (nSPS) is 21.1. The Kier molecular flexibility index (Phi) is 12.3. The molecule has 5 atom stereocenters. The SMILES string of the molecule is CC(C)(C)OC(=O)N1CCCC1C(=O)Nc1cc(C2C(c3ccc(OCc4ccccc4)cc3)C2c2ccc(N(N)C(=O)[C@@H]3CCCN3C(=O)OC(C)(C)C)cc2)ccc1N. The molecule has 5 N–H and O–H groups in total. The number of hydrazine groups is 1. The number of nitrogens with zero attached hydrogens (tertiary/aromatic N) is 3. The van der Waals surface area contributed by atoms with Crippen molar-refractivity contribution in [1.82, 2.24) is 9.80 Å². The molecule has 2 heterocycles. The van der Waals surface area contributed by atoms with E-state index in [0.717, 1.165) is 33.0 Å². The number of nitrogens with two attached hydrogens (primary N) is 2. The van der Waals surface area contributed by atoms with Gasteiger partial charge in [0.2, 0.25) is 5.91 Å². The molecule has 1 saturated carbocycles. The van der Waals surface area contributed by atoms with E-state index in [4.69, 9.17) is 25.8 Å². The van der Waals surface area contributed by atoms with Gasteiger partial charge in [-0.2, -0.15) is 0 Å². The van der Waals surface area contributed by atoms with Crippen LogP contribution in [0, 0.1) is 0 Å². The Bertz CT molecular complexity index is 2220.